The Morgan fingerprint density at radius 3 is 2.31 bits per heavy atom. The van der Waals surface area contributed by atoms with E-state index in [0.29, 0.717) is 5.82 Å². The molecule has 0 aliphatic rings. The highest BCUT2D eigenvalue weighted by Gasteiger charge is 1.90. The molecule has 0 saturated carbocycles. The largest absolute Gasteiger partial charge is 0.308 e. The van der Waals surface area contributed by atoms with E-state index in [1.807, 2.05) is 42.5 Å². The van der Waals surface area contributed by atoms with Crippen molar-refractivity contribution in [3.8, 4) is 0 Å². The Morgan fingerprint density at radius 2 is 1.69 bits per heavy atom. The second-order valence-electron chi connectivity index (χ2n) is 3.37. The maximum Gasteiger partial charge on any atom is 0.139 e. The quantitative estimate of drug-likeness (QED) is 0.606. The predicted molar refractivity (Wildman–Crippen MR) is 67.4 cm³/mol. The Morgan fingerprint density at radius 1 is 0.938 bits per heavy atom. The summed E-state index contributed by atoms with van der Waals surface area (Å²) in [6, 6.07) is 13.9. The van der Waals surface area contributed by atoms with Crippen molar-refractivity contribution in [2.24, 2.45) is 5.84 Å². The lowest BCUT2D eigenvalue weighted by atomic mass is 10.2. The number of hydrogen-bond donors (Lipinski definition) is 2. The smallest absolute Gasteiger partial charge is 0.139 e. The van der Waals surface area contributed by atoms with Crippen LogP contribution >= 0.6 is 0 Å². The maximum absolute atomic E-state index is 5.23. The second kappa shape index (κ2) is 5.09. The van der Waals surface area contributed by atoms with Gasteiger partial charge in [0.15, 0.2) is 0 Å². The summed E-state index contributed by atoms with van der Waals surface area (Å²) >= 11 is 0. The van der Waals surface area contributed by atoms with Crippen LogP contribution in [0.1, 0.15) is 11.1 Å². The van der Waals surface area contributed by atoms with Gasteiger partial charge in [-0.2, -0.15) is 0 Å². The predicted octanol–water partition coefficient (Wildman–Crippen LogP) is 2.54. The molecule has 3 N–H and O–H groups in total. The lowest BCUT2D eigenvalue weighted by Gasteiger charge is -1.98. The molecule has 0 spiro atoms. The van der Waals surface area contributed by atoms with Crippen LogP contribution in [0.3, 0.4) is 0 Å². The third-order valence-corrected chi connectivity index (χ3v) is 2.20. The van der Waals surface area contributed by atoms with Crippen LogP contribution in [-0.4, -0.2) is 4.98 Å². The van der Waals surface area contributed by atoms with Gasteiger partial charge in [-0.1, -0.05) is 42.5 Å². The molecule has 0 saturated heterocycles. The summed E-state index contributed by atoms with van der Waals surface area (Å²) in [4.78, 5) is 4.12. The first-order chi connectivity index (χ1) is 7.88. The molecule has 0 aliphatic carbocycles. The van der Waals surface area contributed by atoms with E-state index in [4.69, 9.17) is 5.84 Å². The SMILES string of the molecule is NNc1ccc(/C=C/c2ccccc2)cn1. The molecule has 1 aromatic carbocycles. The van der Waals surface area contributed by atoms with Crippen LogP contribution in [0.15, 0.2) is 48.7 Å². The number of nitrogens with two attached hydrogens (primary N) is 1. The average Bonchev–Trinajstić information content (AvgIpc) is 2.38. The van der Waals surface area contributed by atoms with Gasteiger partial charge in [0.05, 0.1) is 0 Å². The number of benzene rings is 1. The van der Waals surface area contributed by atoms with Crippen molar-refractivity contribution >= 4 is 18.0 Å². The summed E-state index contributed by atoms with van der Waals surface area (Å²) in [5.41, 5.74) is 4.71. The molecular weight excluding hydrogens is 198 g/mol. The number of nitrogens with zero attached hydrogens (tertiary/aromatic N) is 1. The van der Waals surface area contributed by atoms with Gasteiger partial charge in [0.2, 0.25) is 0 Å². The molecule has 0 amide bonds. The van der Waals surface area contributed by atoms with Crippen LogP contribution in [0, 0.1) is 0 Å². The lowest BCUT2D eigenvalue weighted by molar-refractivity contribution is 1.22. The minimum absolute atomic E-state index is 0.664. The third kappa shape index (κ3) is 2.68. The van der Waals surface area contributed by atoms with Gasteiger partial charge in [0.25, 0.3) is 0 Å². The van der Waals surface area contributed by atoms with Gasteiger partial charge < -0.3 is 5.43 Å². The van der Waals surface area contributed by atoms with E-state index in [-0.39, 0.29) is 0 Å². The number of aromatic nitrogens is 1. The van der Waals surface area contributed by atoms with Gasteiger partial charge in [-0.05, 0) is 23.3 Å². The molecule has 0 atom stereocenters. The first-order valence-electron chi connectivity index (χ1n) is 5.04. The summed E-state index contributed by atoms with van der Waals surface area (Å²) in [6.07, 6.45) is 5.84. The Balaban J connectivity index is 2.12. The van der Waals surface area contributed by atoms with Gasteiger partial charge >= 0.3 is 0 Å². The van der Waals surface area contributed by atoms with Crippen molar-refractivity contribution in [3.05, 3.63) is 59.8 Å². The van der Waals surface area contributed by atoms with Crippen LogP contribution in [0.25, 0.3) is 12.2 Å². The zero-order valence-corrected chi connectivity index (χ0v) is 8.80. The lowest BCUT2D eigenvalue weighted by Crippen LogP contribution is -2.07. The van der Waals surface area contributed by atoms with Gasteiger partial charge in [0, 0.05) is 6.20 Å². The van der Waals surface area contributed by atoms with Crippen molar-refractivity contribution in [2.45, 2.75) is 0 Å². The first-order valence-corrected chi connectivity index (χ1v) is 5.04. The van der Waals surface area contributed by atoms with Gasteiger partial charge in [-0.25, -0.2) is 10.8 Å². The van der Waals surface area contributed by atoms with Crippen LogP contribution in [0.2, 0.25) is 0 Å². The minimum Gasteiger partial charge on any atom is -0.308 e. The minimum atomic E-state index is 0.664. The van der Waals surface area contributed by atoms with Crippen molar-refractivity contribution in [1.82, 2.24) is 4.98 Å². The topological polar surface area (TPSA) is 50.9 Å². The Labute approximate surface area is 94.6 Å². The molecule has 80 valence electrons. The Hall–Kier alpha value is -2.13. The van der Waals surface area contributed by atoms with E-state index in [0.717, 1.165) is 5.56 Å². The first kappa shape index (κ1) is 10.4. The highest BCUT2D eigenvalue weighted by molar-refractivity contribution is 5.69. The number of hydrogen-bond acceptors (Lipinski definition) is 3. The van der Waals surface area contributed by atoms with E-state index < -0.39 is 0 Å². The summed E-state index contributed by atoms with van der Waals surface area (Å²) in [5.74, 6) is 5.90. The van der Waals surface area contributed by atoms with Gasteiger partial charge in [-0.3, -0.25) is 0 Å². The van der Waals surface area contributed by atoms with E-state index in [1.54, 1.807) is 6.20 Å². The zero-order valence-electron chi connectivity index (χ0n) is 8.80. The van der Waals surface area contributed by atoms with E-state index in [1.165, 1.54) is 5.56 Å². The summed E-state index contributed by atoms with van der Waals surface area (Å²) in [7, 11) is 0. The molecule has 0 bridgehead atoms. The zero-order chi connectivity index (χ0) is 11.2. The molecule has 2 rings (SSSR count). The van der Waals surface area contributed by atoms with E-state index in [9.17, 15) is 0 Å². The fourth-order valence-corrected chi connectivity index (χ4v) is 1.35. The monoisotopic (exact) mass is 211 g/mol. The fraction of sp³-hybridized carbons (Fsp3) is 0. The van der Waals surface area contributed by atoms with E-state index in [2.05, 4.69) is 22.5 Å². The molecule has 3 nitrogen and oxygen atoms in total. The maximum atomic E-state index is 5.23. The van der Waals surface area contributed by atoms with Crippen molar-refractivity contribution in [3.63, 3.8) is 0 Å². The number of anilines is 1. The Kier molecular flexibility index (Phi) is 3.31. The molecule has 0 radical (unpaired) electrons. The standard InChI is InChI=1S/C13H13N3/c14-16-13-9-8-12(10-15-13)7-6-11-4-2-1-3-5-11/h1-10H,14H2,(H,15,16)/b7-6+. The summed E-state index contributed by atoms with van der Waals surface area (Å²) < 4.78 is 0. The number of nitrogen functional groups attached to an aromatic ring is 1. The number of nitrogens with one attached hydrogen (secondary N) is 1. The molecule has 2 aromatic rings. The second-order valence-corrected chi connectivity index (χ2v) is 3.37. The van der Waals surface area contributed by atoms with Gasteiger partial charge in [0.1, 0.15) is 5.82 Å². The number of rotatable bonds is 3. The molecule has 3 heteroatoms. The number of hydrazine groups is 1. The van der Waals surface area contributed by atoms with Crippen molar-refractivity contribution in [2.75, 3.05) is 5.43 Å². The van der Waals surface area contributed by atoms with Crippen LogP contribution < -0.4 is 11.3 Å². The van der Waals surface area contributed by atoms with Crippen LogP contribution in [0.5, 0.6) is 0 Å². The fourth-order valence-electron chi connectivity index (χ4n) is 1.35. The molecular formula is C13H13N3. The summed E-state index contributed by atoms with van der Waals surface area (Å²) in [5, 5.41) is 0. The highest BCUT2D eigenvalue weighted by Crippen LogP contribution is 2.08. The number of pyridine rings is 1. The van der Waals surface area contributed by atoms with E-state index >= 15 is 0 Å². The van der Waals surface area contributed by atoms with Crippen LogP contribution in [-0.2, 0) is 0 Å². The average molecular weight is 211 g/mol. The van der Waals surface area contributed by atoms with Crippen molar-refractivity contribution in [1.29, 1.82) is 0 Å². The molecule has 1 heterocycles. The highest BCUT2D eigenvalue weighted by atomic mass is 15.2. The third-order valence-electron chi connectivity index (χ3n) is 2.20. The van der Waals surface area contributed by atoms with Crippen LogP contribution in [0.4, 0.5) is 5.82 Å². The normalized spacial score (nSPS) is 10.6. The van der Waals surface area contributed by atoms with Crippen molar-refractivity contribution < 1.29 is 0 Å². The van der Waals surface area contributed by atoms with Gasteiger partial charge in [-0.15, -0.1) is 0 Å². The molecule has 16 heavy (non-hydrogen) atoms. The molecule has 0 unspecified atom stereocenters. The Bertz CT molecular complexity index is 460. The molecule has 0 fully saturated rings. The molecule has 0 aliphatic heterocycles. The molecule has 1 aromatic heterocycles. The summed E-state index contributed by atoms with van der Waals surface area (Å²) in [6.45, 7) is 0.